The highest BCUT2D eigenvalue weighted by atomic mass is 79.9. The van der Waals surface area contributed by atoms with Crippen LogP contribution in [-0.2, 0) is 0 Å². The molecule has 0 aliphatic carbocycles. The fraction of sp³-hybridized carbons (Fsp3) is 0.417. The average Bonchev–Trinajstić information content (AvgIpc) is 2.87. The van der Waals surface area contributed by atoms with Gasteiger partial charge in [0.25, 0.3) is 0 Å². The number of pyridine rings is 1. The lowest BCUT2D eigenvalue weighted by molar-refractivity contribution is 0.129. The summed E-state index contributed by atoms with van der Waals surface area (Å²) in [6.45, 7) is 3.77. The molecule has 0 bridgehead atoms. The Kier molecular flexibility index (Phi) is 4.08. The molecule has 2 rings (SSSR count). The van der Waals surface area contributed by atoms with Gasteiger partial charge in [-0.1, -0.05) is 19.0 Å². The van der Waals surface area contributed by atoms with Crippen molar-refractivity contribution in [3.05, 3.63) is 28.7 Å². The molecule has 0 radical (unpaired) electrons. The highest BCUT2D eigenvalue weighted by Crippen LogP contribution is 2.26. The van der Waals surface area contributed by atoms with E-state index in [0.29, 0.717) is 23.8 Å². The van der Waals surface area contributed by atoms with Crippen LogP contribution in [0.15, 0.2) is 27.3 Å². The average molecular weight is 312 g/mol. The fourth-order valence-electron chi connectivity index (χ4n) is 1.58. The Morgan fingerprint density at radius 3 is 2.94 bits per heavy atom. The Labute approximate surface area is 113 Å². The molecule has 5 nitrogen and oxygen atoms in total. The van der Waals surface area contributed by atoms with Crippen molar-refractivity contribution in [1.29, 1.82) is 0 Å². The summed E-state index contributed by atoms with van der Waals surface area (Å²) >= 11 is 3.39. The van der Waals surface area contributed by atoms with Gasteiger partial charge in [-0.05, 0) is 34.5 Å². The molecule has 6 heteroatoms. The Balaban J connectivity index is 2.29. The number of hydrogen-bond acceptors (Lipinski definition) is 5. The van der Waals surface area contributed by atoms with E-state index in [9.17, 15) is 5.11 Å². The van der Waals surface area contributed by atoms with E-state index in [1.807, 2.05) is 26.0 Å². The Morgan fingerprint density at radius 1 is 1.50 bits per heavy atom. The predicted molar refractivity (Wildman–Crippen MR) is 69.9 cm³/mol. The molecule has 0 amide bonds. The quantitative estimate of drug-likeness (QED) is 0.940. The van der Waals surface area contributed by atoms with Crippen molar-refractivity contribution in [2.24, 2.45) is 0 Å². The molecule has 0 saturated carbocycles. The largest absolute Gasteiger partial charge is 0.392 e. The second-order valence-corrected chi connectivity index (χ2v) is 4.91. The van der Waals surface area contributed by atoms with Crippen LogP contribution in [-0.4, -0.2) is 26.3 Å². The molecule has 0 spiro atoms. The molecule has 2 aromatic rings. The molecule has 0 aromatic carbocycles. The third-order valence-electron chi connectivity index (χ3n) is 2.80. The fourth-order valence-corrected chi connectivity index (χ4v) is 2.02. The van der Waals surface area contributed by atoms with E-state index in [2.05, 4.69) is 31.1 Å². The molecule has 2 atom stereocenters. The summed E-state index contributed by atoms with van der Waals surface area (Å²) in [4.78, 5) is 8.47. The molecule has 0 fully saturated rings. The zero-order valence-corrected chi connectivity index (χ0v) is 11.8. The summed E-state index contributed by atoms with van der Waals surface area (Å²) in [6.07, 6.45) is 1.83. The summed E-state index contributed by atoms with van der Waals surface area (Å²) in [5.74, 6) is 0.670. The second-order valence-electron chi connectivity index (χ2n) is 4.05. The molecule has 96 valence electrons. The van der Waals surface area contributed by atoms with Gasteiger partial charge >= 0.3 is 0 Å². The third kappa shape index (κ3) is 2.59. The minimum absolute atomic E-state index is 0.182. The number of halogens is 1. The molecular weight excluding hydrogens is 298 g/mol. The molecule has 1 N–H and O–H groups in total. The third-order valence-corrected chi connectivity index (χ3v) is 3.44. The SMILES string of the molecule is CCC(O)C(C)c1nc(-c2ncccc2Br)no1. The minimum atomic E-state index is -0.481. The van der Waals surface area contributed by atoms with Crippen molar-refractivity contribution in [1.82, 2.24) is 15.1 Å². The van der Waals surface area contributed by atoms with E-state index >= 15 is 0 Å². The molecule has 2 unspecified atom stereocenters. The number of aromatic nitrogens is 3. The summed E-state index contributed by atoms with van der Waals surface area (Å²) in [5.41, 5.74) is 0.630. The first-order valence-corrected chi connectivity index (χ1v) is 6.55. The van der Waals surface area contributed by atoms with Gasteiger partial charge in [-0.3, -0.25) is 4.98 Å². The number of rotatable bonds is 4. The van der Waals surface area contributed by atoms with Crippen molar-refractivity contribution in [3.63, 3.8) is 0 Å². The maximum atomic E-state index is 9.76. The minimum Gasteiger partial charge on any atom is -0.392 e. The summed E-state index contributed by atoms with van der Waals surface area (Å²) < 4.78 is 5.98. The van der Waals surface area contributed by atoms with E-state index in [0.717, 1.165) is 4.47 Å². The number of aliphatic hydroxyl groups is 1. The topological polar surface area (TPSA) is 72.0 Å². The van der Waals surface area contributed by atoms with E-state index in [4.69, 9.17) is 4.52 Å². The van der Waals surface area contributed by atoms with Crippen molar-refractivity contribution >= 4 is 15.9 Å². The standard InChI is InChI=1S/C12H14BrN3O2/c1-3-9(17)7(2)12-15-11(16-18-12)10-8(13)5-4-6-14-10/h4-7,9,17H,3H2,1-2H3. The van der Waals surface area contributed by atoms with Crippen LogP contribution in [0.3, 0.4) is 0 Å². The molecule has 0 aliphatic rings. The van der Waals surface area contributed by atoms with Crippen LogP contribution < -0.4 is 0 Å². The molecule has 0 saturated heterocycles. The predicted octanol–water partition coefficient (Wildman–Crippen LogP) is 2.77. The van der Waals surface area contributed by atoms with Gasteiger partial charge < -0.3 is 9.63 Å². The summed E-state index contributed by atoms with van der Waals surface area (Å²) in [5, 5.41) is 13.7. The highest BCUT2D eigenvalue weighted by Gasteiger charge is 2.22. The molecular formula is C12H14BrN3O2. The highest BCUT2D eigenvalue weighted by molar-refractivity contribution is 9.10. The van der Waals surface area contributed by atoms with E-state index in [1.54, 1.807) is 6.20 Å². The number of nitrogens with zero attached hydrogens (tertiary/aromatic N) is 3. The second kappa shape index (κ2) is 5.58. The van der Waals surface area contributed by atoms with E-state index < -0.39 is 6.10 Å². The molecule has 2 aromatic heterocycles. The van der Waals surface area contributed by atoms with E-state index in [1.165, 1.54) is 0 Å². The van der Waals surface area contributed by atoms with Gasteiger partial charge in [-0.15, -0.1) is 0 Å². The zero-order chi connectivity index (χ0) is 13.1. The Bertz CT molecular complexity index is 530. The lowest BCUT2D eigenvalue weighted by Gasteiger charge is -2.11. The van der Waals surface area contributed by atoms with Crippen molar-refractivity contribution in [2.75, 3.05) is 0 Å². The molecule has 0 aliphatic heterocycles. The first kappa shape index (κ1) is 13.2. The van der Waals surface area contributed by atoms with Gasteiger partial charge in [-0.2, -0.15) is 4.98 Å². The van der Waals surface area contributed by atoms with Crippen molar-refractivity contribution in [3.8, 4) is 11.5 Å². The van der Waals surface area contributed by atoms with Gasteiger partial charge in [0.15, 0.2) is 0 Å². The molecule has 18 heavy (non-hydrogen) atoms. The maximum absolute atomic E-state index is 9.76. The zero-order valence-electron chi connectivity index (χ0n) is 10.2. The smallest absolute Gasteiger partial charge is 0.232 e. The van der Waals surface area contributed by atoms with Gasteiger partial charge in [0, 0.05) is 10.7 Å². The number of hydrogen-bond donors (Lipinski definition) is 1. The van der Waals surface area contributed by atoms with Crippen LogP contribution in [0, 0.1) is 0 Å². The maximum Gasteiger partial charge on any atom is 0.232 e. The van der Waals surface area contributed by atoms with Crippen molar-refractivity contribution < 1.29 is 9.63 Å². The van der Waals surface area contributed by atoms with E-state index in [-0.39, 0.29) is 5.92 Å². The Morgan fingerprint density at radius 2 is 2.28 bits per heavy atom. The molecule has 2 heterocycles. The first-order valence-electron chi connectivity index (χ1n) is 5.76. The summed E-state index contributed by atoms with van der Waals surface area (Å²) in [7, 11) is 0. The summed E-state index contributed by atoms with van der Waals surface area (Å²) in [6, 6.07) is 3.68. The van der Waals surface area contributed by atoms with Crippen LogP contribution in [0.5, 0.6) is 0 Å². The lowest BCUT2D eigenvalue weighted by atomic mass is 10.0. The van der Waals surface area contributed by atoms with Crippen LogP contribution in [0.4, 0.5) is 0 Å². The lowest BCUT2D eigenvalue weighted by Crippen LogP contribution is -2.14. The number of aliphatic hydroxyl groups excluding tert-OH is 1. The van der Waals surface area contributed by atoms with Gasteiger partial charge in [0.1, 0.15) is 5.69 Å². The van der Waals surface area contributed by atoms with Crippen LogP contribution in [0.1, 0.15) is 32.1 Å². The monoisotopic (exact) mass is 311 g/mol. The Hall–Kier alpha value is -1.27. The van der Waals surface area contributed by atoms with Gasteiger partial charge in [0.05, 0.1) is 12.0 Å². The van der Waals surface area contributed by atoms with Gasteiger partial charge in [0.2, 0.25) is 11.7 Å². The van der Waals surface area contributed by atoms with Crippen molar-refractivity contribution in [2.45, 2.75) is 32.3 Å². The van der Waals surface area contributed by atoms with Crippen LogP contribution in [0.2, 0.25) is 0 Å². The normalized spacial score (nSPS) is 14.4. The van der Waals surface area contributed by atoms with Gasteiger partial charge in [-0.25, -0.2) is 0 Å². The first-order chi connectivity index (χ1) is 8.63. The van der Waals surface area contributed by atoms with Crippen LogP contribution in [0.25, 0.3) is 11.5 Å². The van der Waals surface area contributed by atoms with Crippen LogP contribution >= 0.6 is 15.9 Å².